The van der Waals surface area contributed by atoms with Crippen molar-refractivity contribution in [3.05, 3.63) is 27.5 Å². The van der Waals surface area contributed by atoms with Gasteiger partial charge in [-0.25, -0.2) is 9.67 Å². The number of hydrogen-bond donors (Lipinski definition) is 0. The van der Waals surface area contributed by atoms with Gasteiger partial charge in [-0.2, -0.15) is 0 Å². The summed E-state index contributed by atoms with van der Waals surface area (Å²) in [6.07, 6.45) is 2.67. The highest BCUT2D eigenvalue weighted by molar-refractivity contribution is 7.13. The lowest BCUT2D eigenvalue weighted by molar-refractivity contribution is -0.0604. The predicted octanol–water partition coefficient (Wildman–Crippen LogP) is 2.15. The Labute approximate surface area is 144 Å². The third-order valence-corrected chi connectivity index (χ3v) is 6.16. The molecule has 2 aromatic rings. The molecule has 4 rings (SSSR count). The SMILES string of the molecule is Cc1nc(C(C)C)sc1C(=O)N1CC[C@@H]2OCc3cnnn3[C@@H]2C1. The van der Waals surface area contributed by atoms with Crippen LogP contribution in [-0.4, -0.2) is 50.0 Å². The van der Waals surface area contributed by atoms with Gasteiger partial charge in [0.1, 0.15) is 4.88 Å². The summed E-state index contributed by atoms with van der Waals surface area (Å²) < 4.78 is 7.83. The number of likely N-dealkylation sites (tertiary alicyclic amines) is 1. The van der Waals surface area contributed by atoms with Crippen LogP contribution in [0.3, 0.4) is 0 Å². The molecule has 1 amide bonds. The van der Waals surface area contributed by atoms with Gasteiger partial charge in [0.2, 0.25) is 0 Å². The molecule has 2 aromatic heterocycles. The van der Waals surface area contributed by atoms with E-state index in [-0.39, 0.29) is 18.1 Å². The second-order valence-electron chi connectivity index (χ2n) is 6.75. The summed E-state index contributed by atoms with van der Waals surface area (Å²) in [5.74, 6) is 0.410. The lowest BCUT2D eigenvalue weighted by Gasteiger charge is -2.40. The van der Waals surface area contributed by atoms with E-state index in [1.165, 1.54) is 11.3 Å². The Bertz CT molecular complexity index is 768. The predicted molar refractivity (Wildman–Crippen MR) is 89.1 cm³/mol. The minimum atomic E-state index is 0.0479. The Balaban J connectivity index is 1.57. The second kappa shape index (κ2) is 5.93. The molecule has 2 atom stereocenters. The molecular weight excluding hydrogens is 326 g/mol. The first-order valence-corrected chi connectivity index (χ1v) is 9.13. The van der Waals surface area contributed by atoms with Crippen LogP contribution in [0.2, 0.25) is 0 Å². The van der Waals surface area contributed by atoms with Gasteiger partial charge < -0.3 is 9.64 Å². The van der Waals surface area contributed by atoms with Gasteiger partial charge in [0.25, 0.3) is 5.91 Å². The molecule has 0 unspecified atom stereocenters. The maximum absolute atomic E-state index is 13.0. The largest absolute Gasteiger partial charge is 0.370 e. The Morgan fingerprint density at radius 3 is 3.04 bits per heavy atom. The molecule has 0 spiro atoms. The smallest absolute Gasteiger partial charge is 0.265 e. The van der Waals surface area contributed by atoms with Crippen molar-refractivity contribution < 1.29 is 9.53 Å². The maximum atomic E-state index is 13.0. The molecule has 1 fully saturated rings. The third-order valence-electron chi connectivity index (χ3n) is 4.72. The molecule has 2 aliphatic heterocycles. The van der Waals surface area contributed by atoms with Crippen molar-refractivity contribution in [3.63, 3.8) is 0 Å². The molecule has 0 aromatic carbocycles. The fourth-order valence-corrected chi connectivity index (χ4v) is 4.41. The van der Waals surface area contributed by atoms with Crippen molar-refractivity contribution in [2.24, 2.45) is 0 Å². The van der Waals surface area contributed by atoms with Crippen molar-refractivity contribution in [2.45, 2.75) is 51.9 Å². The van der Waals surface area contributed by atoms with Crippen molar-refractivity contribution in [2.75, 3.05) is 13.1 Å². The number of rotatable bonds is 2. The van der Waals surface area contributed by atoms with Crippen LogP contribution >= 0.6 is 11.3 Å². The molecule has 4 heterocycles. The number of fused-ring (bicyclic) bond motifs is 3. The first kappa shape index (κ1) is 15.7. The van der Waals surface area contributed by atoms with Crippen LogP contribution in [0, 0.1) is 6.92 Å². The van der Waals surface area contributed by atoms with Crippen LogP contribution in [0.25, 0.3) is 0 Å². The van der Waals surface area contributed by atoms with Gasteiger partial charge in [0.05, 0.1) is 41.3 Å². The van der Waals surface area contributed by atoms with Gasteiger partial charge in [-0.1, -0.05) is 19.1 Å². The number of ether oxygens (including phenoxy) is 1. The lowest BCUT2D eigenvalue weighted by Crippen LogP contribution is -2.49. The summed E-state index contributed by atoms with van der Waals surface area (Å²) in [5.41, 5.74) is 1.80. The molecule has 8 heteroatoms. The van der Waals surface area contributed by atoms with Crippen LogP contribution in [0.15, 0.2) is 6.20 Å². The number of amides is 1. The summed E-state index contributed by atoms with van der Waals surface area (Å²) in [6.45, 7) is 7.98. The van der Waals surface area contributed by atoms with E-state index in [9.17, 15) is 4.79 Å². The highest BCUT2D eigenvalue weighted by Crippen LogP contribution is 2.32. The fraction of sp³-hybridized carbons (Fsp3) is 0.625. The molecule has 2 aliphatic rings. The number of thiazole rings is 1. The number of aryl methyl sites for hydroxylation is 1. The standard InChI is InChI=1S/C16H21N5O2S/c1-9(2)15-18-10(3)14(24-15)16(22)20-5-4-13-12(7-20)21-11(8-23-13)6-17-19-21/h6,9,12-13H,4-5,7-8H2,1-3H3/t12-,13+/m1/s1. The molecule has 0 N–H and O–H groups in total. The van der Waals surface area contributed by atoms with E-state index >= 15 is 0 Å². The van der Waals surface area contributed by atoms with E-state index in [4.69, 9.17) is 4.74 Å². The monoisotopic (exact) mass is 347 g/mol. The summed E-state index contributed by atoms with van der Waals surface area (Å²) in [4.78, 5) is 20.2. The van der Waals surface area contributed by atoms with Crippen molar-refractivity contribution in [1.29, 1.82) is 0 Å². The van der Waals surface area contributed by atoms with Gasteiger partial charge in [0, 0.05) is 19.0 Å². The maximum Gasteiger partial charge on any atom is 0.265 e. The average Bonchev–Trinajstić information content (AvgIpc) is 3.20. The molecule has 1 saturated heterocycles. The Morgan fingerprint density at radius 1 is 1.46 bits per heavy atom. The first-order chi connectivity index (χ1) is 11.5. The molecule has 7 nitrogen and oxygen atoms in total. The molecular formula is C16H21N5O2S. The number of carbonyl (C=O) groups is 1. The zero-order chi connectivity index (χ0) is 16.8. The quantitative estimate of drug-likeness (QED) is 0.832. The van der Waals surface area contributed by atoms with Crippen molar-refractivity contribution >= 4 is 17.2 Å². The van der Waals surface area contributed by atoms with Crippen LogP contribution in [0.5, 0.6) is 0 Å². The van der Waals surface area contributed by atoms with Gasteiger partial charge in [-0.05, 0) is 13.3 Å². The topological polar surface area (TPSA) is 73.1 Å². The zero-order valence-electron chi connectivity index (χ0n) is 14.1. The van der Waals surface area contributed by atoms with Gasteiger partial charge in [0.15, 0.2) is 0 Å². The molecule has 0 aliphatic carbocycles. The van der Waals surface area contributed by atoms with Crippen LogP contribution in [-0.2, 0) is 11.3 Å². The molecule has 24 heavy (non-hydrogen) atoms. The van der Waals surface area contributed by atoms with Gasteiger partial charge in [-0.15, -0.1) is 16.4 Å². The van der Waals surface area contributed by atoms with E-state index in [1.54, 1.807) is 6.20 Å². The van der Waals surface area contributed by atoms with Gasteiger partial charge >= 0.3 is 0 Å². The highest BCUT2D eigenvalue weighted by atomic mass is 32.1. The third kappa shape index (κ3) is 2.53. The van der Waals surface area contributed by atoms with Crippen molar-refractivity contribution in [1.82, 2.24) is 24.9 Å². The molecule has 128 valence electrons. The van der Waals surface area contributed by atoms with E-state index in [0.717, 1.165) is 27.7 Å². The summed E-state index contributed by atoms with van der Waals surface area (Å²) in [6, 6.07) is 0.0479. The summed E-state index contributed by atoms with van der Waals surface area (Å²) >= 11 is 1.52. The Kier molecular flexibility index (Phi) is 3.88. The number of hydrogen-bond acceptors (Lipinski definition) is 6. The molecule has 0 saturated carbocycles. The second-order valence-corrected chi connectivity index (χ2v) is 7.78. The average molecular weight is 347 g/mol. The van der Waals surface area contributed by atoms with Crippen LogP contribution in [0.1, 0.15) is 58.3 Å². The van der Waals surface area contributed by atoms with Crippen LogP contribution < -0.4 is 0 Å². The van der Waals surface area contributed by atoms with E-state index < -0.39 is 0 Å². The molecule has 0 radical (unpaired) electrons. The highest BCUT2D eigenvalue weighted by Gasteiger charge is 2.38. The van der Waals surface area contributed by atoms with E-state index in [2.05, 4.69) is 29.1 Å². The fourth-order valence-electron chi connectivity index (χ4n) is 3.37. The van der Waals surface area contributed by atoms with Gasteiger partial charge in [-0.3, -0.25) is 4.79 Å². The first-order valence-electron chi connectivity index (χ1n) is 8.32. The number of carbonyl (C=O) groups excluding carboxylic acids is 1. The normalized spacial score (nSPS) is 23.2. The number of nitrogens with zero attached hydrogens (tertiary/aromatic N) is 5. The minimum Gasteiger partial charge on any atom is -0.370 e. The van der Waals surface area contributed by atoms with E-state index in [0.29, 0.717) is 25.6 Å². The number of aromatic nitrogens is 4. The summed E-state index contributed by atoms with van der Waals surface area (Å²) in [7, 11) is 0. The Morgan fingerprint density at radius 2 is 2.29 bits per heavy atom. The summed E-state index contributed by atoms with van der Waals surface area (Å²) in [5, 5.41) is 9.19. The minimum absolute atomic E-state index is 0.0479. The zero-order valence-corrected chi connectivity index (χ0v) is 14.9. The van der Waals surface area contributed by atoms with Crippen molar-refractivity contribution in [3.8, 4) is 0 Å². The lowest BCUT2D eigenvalue weighted by atomic mass is 10.00. The van der Waals surface area contributed by atoms with E-state index in [1.807, 2.05) is 16.5 Å². The number of piperidine rings is 1. The molecule has 0 bridgehead atoms. The Hall–Kier alpha value is -1.80. The van der Waals surface area contributed by atoms with Crippen LogP contribution in [0.4, 0.5) is 0 Å².